The number of Topliss-reactive ketones (excluding diaryl/α,β-unsaturated/α-hetero) is 1. The number of carbonyl (C=O) groups is 2. The van der Waals surface area contributed by atoms with Crippen LogP contribution in [0.3, 0.4) is 0 Å². The largest absolute Gasteiger partial charge is 0.450 e. The minimum atomic E-state index is -1.02. The zero-order valence-corrected chi connectivity index (χ0v) is 16.1. The molecule has 0 aromatic heterocycles. The molecule has 2 aliphatic heterocycles. The van der Waals surface area contributed by atoms with Crippen molar-refractivity contribution in [2.24, 2.45) is 0 Å². The monoisotopic (exact) mass is 384 g/mol. The Balaban J connectivity index is 1.77. The Morgan fingerprint density at radius 1 is 1.00 bits per heavy atom. The molecular formula is C22H21ClO4. The Morgan fingerprint density at radius 3 is 2.33 bits per heavy atom. The SMILES string of the molecule is Cc1cc(C)c(C2C(=O)OC3(CCOCC3)C2=O)cc1-c1ccc(Cl)cc1. The highest BCUT2D eigenvalue weighted by Crippen LogP contribution is 2.42. The number of ketones is 1. The number of esters is 1. The fourth-order valence-corrected chi connectivity index (χ4v) is 4.24. The lowest BCUT2D eigenvalue weighted by molar-refractivity contribution is -0.160. The lowest BCUT2D eigenvalue weighted by Crippen LogP contribution is -2.42. The highest BCUT2D eigenvalue weighted by molar-refractivity contribution is 6.30. The summed E-state index contributed by atoms with van der Waals surface area (Å²) in [5.41, 5.74) is 3.70. The van der Waals surface area contributed by atoms with E-state index in [0.717, 1.165) is 27.8 Å². The van der Waals surface area contributed by atoms with Crippen molar-refractivity contribution in [2.75, 3.05) is 13.2 Å². The van der Waals surface area contributed by atoms with Crippen LogP contribution < -0.4 is 0 Å². The van der Waals surface area contributed by atoms with Crippen molar-refractivity contribution in [1.29, 1.82) is 0 Å². The number of hydrogen-bond donors (Lipinski definition) is 0. The van der Waals surface area contributed by atoms with Crippen LogP contribution in [0.4, 0.5) is 0 Å². The molecule has 4 nitrogen and oxygen atoms in total. The van der Waals surface area contributed by atoms with E-state index in [2.05, 4.69) is 0 Å². The molecule has 5 heteroatoms. The van der Waals surface area contributed by atoms with E-state index in [4.69, 9.17) is 21.1 Å². The van der Waals surface area contributed by atoms with Gasteiger partial charge in [0.05, 0.1) is 13.2 Å². The quantitative estimate of drug-likeness (QED) is 0.569. The van der Waals surface area contributed by atoms with Gasteiger partial charge in [-0.05, 0) is 59.9 Å². The molecule has 1 unspecified atom stereocenters. The van der Waals surface area contributed by atoms with Gasteiger partial charge in [0.2, 0.25) is 0 Å². The average molecular weight is 385 g/mol. The molecule has 0 amide bonds. The molecule has 2 aromatic carbocycles. The van der Waals surface area contributed by atoms with Crippen molar-refractivity contribution < 1.29 is 19.1 Å². The summed E-state index contributed by atoms with van der Waals surface area (Å²) >= 11 is 6.00. The Bertz CT molecular complexity index is 911. The molecule has 2 heterocycles. The molecule has 2 fully saturated rings. The van der Waals surface area contributed by atoms with Crippen LogP contribution in [-0.2, 0) is 19.1 Å². The maximum absolute atomic E-state index is 13.2. The molecule has 0 saturated carbocycles. The van der Waals surface area contributed by atoms with Crippen molar-refractivity contribution in [3.63, 3.8) is 0 Å². The third-order valence-electron chi connectivity index (χ3n) is 5.62. The van der Waals surface area contributed by atoms with Crippen molar-refractivity contribution in [3.05, 3.63) is 58.1 Å². The van der Waals surface area contributed by atoms with Gasteiger partial charge in [0.15, 0.2) is 11.4 Å². The predicted octanol–water partition coefficient (Wildman–Crippen LogP) is 4.38. The topological polar surface area (TPSA) is 52.6 Å². The molecule has 0 aliphatic carbocycles. The summed E-state index contributed by atoms with van der Waals surface area (Å²) in [6, 6.07) is 11.5. The van der Waals surface area contributed by atoms with E-state index in [0.29, 0.717) is 31.1 Å². The van der Waals surface area contributed by atoms with Crippen LogP contribution in [0, 0.1) is 13.8 Å². The number of rotatable bonds is 2. The summed E-state index contributed by atoms with van der Waals surface area (Å²) < 4.78 is 11.0. The van der Waals surface area contributed by atoms with Crippen LogP contribution in [0.5, 0.6) is 0 Å². The first-order valence-corrected chi connectivity index (χ1v) is 9.51. The third kappa shape index (κ3) is 3.07. The molecule has 1 atom stereocenters. The molecule has 27 heavy (non-hydrogen) atoms. The minimum absolute atomic E-state index is 0.134. The summed E-state index contributed by atoms with van der Waals surface area (Å²) in [7, 11) is 0. The lowest BCUT2D eigenvalue weighted by atomic mass is 9.80. The van der Waals surface area contributed by atoms with Gasteiger partial charge >= 0.3 is 5.97 Å². The van der Waals surface area contributed by atoms with Crippen molar-refractivity contribution in [1.82, 2.24) is 0 Å². The van der Waals surface area contributed by atoms with Crippen LogP contribution in [0.15, 0.2) is 36.4 Å². The van der Waals surface area contributed by atoms with Gasteiger partial charge in [0.25, 0.3) is 0 Å². The molecule has 0 radical (unpaired) electrons. The predicted molar refractivity (Wildman–Crippen MR) is 103 cm³/mol. The van der Waals surface area contributed by atoms with Gasteiger partial charge in [-0.15, -0.1) is 0 Å². The molecular weight excluding hydrogens is 364 g/mol. The normalized spacial score (nSPS) is 21.5. The maximum Gasteiger partial charge on any atom is 0.322 e. The summed E-state index contributed by atoms with van der Waals surface area (Å²) in [5.74, 6) is -1.45. The standard InChI is InChI=1S/C22H21ClO4/c1-13-11-14(2)18(12-17(13)15-3-5-16(23)6-4-15)19-20(24)22(27-21(19)25)7-9-26-10-8-22/h3-6,11-12,19H,7-10H2,1-2H3. The van der Waals surface area contributed by atoms with Gasteiger partial charge in [-0.1, -0.05) is 29.8 Å². The number of carbonyl (C=O) groups excluding carboxylic acids is 2. The Hall–Kier alpha value is -2.17. The molecule has 0 bridgehead atoms. The molecule has 2 aliphatic rings. The van der Waals surface area contributed by atoms with E-state index >= 15 is 0 Å². The molecule has 0 N–H and O–H groups in total. The van der Waals surface area contributed by atoms with E-state index < -0.39 is 17.5 Å². The van der Waals surface area contributed by atoms with Crippen LogP contribution in [-0.4, -0.2) is 30.6 Å². The van der Waals surface area contributed by atoms with Gasteiger partial charge < -0.3 is 9.47 Å². The van der Waals surface area contributed by atoms with E-state index in [1.807, 2.05) is 50.2 Å². The van der Waals surface area contributed by atoms with Crippen LogP contribution in [0.1, 0.15) is 35.4 Å². The lowest BCUT2D eigenvalue weighted by Gasteiger charge is -2.30. The average Bonchev–Trinajstić information content (AvgIpc) is 2.87. The second-order valence-electron chi connectivity index (χ2n) is 7.36. The number of ether oxygens (including phenoxy) is 2. The van der Waals surface area contributed by atoms with Gasteiger partial charge in [-0.25, -0.2) is 0 Å². The summed E-state index contributed by atoms with van der Waals surface area (Å²) in [5, 5.41) is 0.666. The minimum Gasteiger partial charge on any atom is -0.450 e. The number of halogens is 1. The van der Waals surface area contributed by atoms with E-state index in [1.54, 1.807) is 0 Å². The fourth-order valence-electron chi connectivity index (χ4n) is 4.11. The molecule has 1 spiro atoms. The zero-order valence-electron chi connectivity index (χ0n) is 15.4. The van der Waals surface area contributed by atoms with Crippen LogP contribution in [0.2, 0.25) is 5.02 Å². The van der Waals surface area contributed by atoms with Gasteiger partial charge in [0, 0.05) is 17.9 Å². The smallest absolute Gasteiger partial charge is 0.322 e. The molecule has 4 rings (SSSR count). The first kappa shape index (κ1) is 18.2. The van der Waals surface area contributed by atoms with E-state index in [9.17, 15) is 9.59 Å². The van der Waals surface area contributed by atoms with Crippen LogP contribution in [0.25, 0.3) is 11.1 Å². The molecule has 140 valence electrons. The third-order valence-corrected chi connectivity index (χ3v) is 5.87. The van der Waals surface area contributed by atoms with E-state index in [1.165, 1.54) is 0 Å². The second-order valence-corrected chi connectivity index (χ2v) is 7.79. The Labute approximate surface area is 163 Å². The van der Waals surface area contributed by atoms with Gasteiger partial charge in [0.1, 0.15) is 5.92 Å². The number of hydrogen-bond acceptors (Lipinski definition) is 4. The van der Waals surface area contributed by atoms with Crippen molar-refractivity contribution in [2.45, 2.75) is 38.2 Å². The summed E-state index contributed by atoms with van der Waals surface area (Å²) in [6.07, 6.45) is 0.867. The van der Waals surface area contributed by atoms with E-state index in [-0.39, 0.29) is 5.78 Å². The first-order chi connectivity index (χ1) is 12.9. The summed E-state index contributed by atoms with van der Waals surface area (Å²) in [4.78, 5) is 25.9. The summed E-state index contributed by atoms with van der Waals surface area (Å²) in [6.45, 7) is 4.84. The fraction of sp³-hybridized carbons (Fsp3) is 0.364. The molecule has 2 aromatic rings. The van der Waals surface area contributed by atoms with Gasteiger partial charge in [-0.2, -0.15) is 0 Å². The maximum atomic E-state index is 13.2. The number of benzene rings is 2. The Morgan fingerprint density at radius 2 is 1.67 bits per heavy atom. The highest BCUT2D eigenvalue weighted by atomic mass is 35.5. The van der Waals surface area contributed by atoms with Crippen molar-refractivity contribution in [3.8, 4) is 11.1 Å². The number of aryl methyl sites for hydroxylation is 2. The second kappa shape index (κ2) is 6.77. The van der Waals surface area contributed by atoms with Crippen molar-refractivity contribution >= 4 is 23.4 Å². The Kier molecular flexibility index (Phi) is 4.57. The zero-order chi connectivity index (χ0) is 19.2. The first-order valence-electron chi connectivity index (χ1n) is 9.13. The van der Waals surface area contributed by atoms with Crippen LogP contribution >= 0.6 is 11.6 Å². The molecule has 2 saturated heterocycles. The highest BCUT2D eigenvalue weighted by Gasteiger charge is 2.56. The van der Waals surface area contributed by atoms with Gasteiger partial charge in [-0.3, -0.25) is 9.59 Å².